The molecule has 2 aliphatic rings. The lowest BCUT2D eigenvalue weighted by Gasteiger charge is -2.27. The maximum absolute atomic E-state index is 12.5. The van der Waals surface area contributed by atoms with E-state index in [9.17, 15) is 4.79 Å². The smallest absolute Gasteiger partial charge is 0.300 e. The van der Waals surface area contributed by atoms with Crippen LogP contribution in [0.15, 0.2) is 29.3 Å². The number of carbonyl (C=O) groups excluding carboxylic acids is 1. The summed E-state index contributed by atoms with van der Waals surface area (Å²) in [7, 11) is 0. The van der Waals surface area contributed by atoms with Gasteiger partial charge in [-0.1, -0.05) is 24.3 Å². The predicted molar refractivity (Wildman–Crippen MR) is 110 cm³/mol. The highest BCUT2D eigenvalue weighted by Crippen LogP contribution is 2.22. The van der Waals surface area contributed by atoms with Gasteiger partial charge in [-0.3, -0.25) is 24.8 Å². The second-order valence-corrected chi connectivity index (χ2v) is 8.08. The Bertz CT molecular complexity index is 840. The van der Waals surface area contributed by atoms with Crippen LogP contribution in [0.2, 0.25) is 0 Å². The van der Waals surface area contributed by atoms with Crippen molar-refractivity contribution < 1.29 is 4.79 Å². The summed E-state index contributed by atoms with van der Waals surface area (Å²) in [5, 5.41) is 15.1. The number of hydrogen-bond donors (Lipinski definition) is 2. The zero-order valence-corrected chi connectivity index (χ0v) is 17.0. The van der Waals surface area contributed by atoms with Crippen LogP contribution in [0.3, 0.4) is 0 Å². The molecule has 0 unspecified atom stereocenters. The number of nitrogens with one attached hydrogen (secondary N) is 2. The number of nitrogens with zero attached hydrogens (tertiary/aromatic N) is 5. The molecule has 1 aromatic carbocycles. The van der Waals surface area contributed by atoms with E-state index in [-0.39, 0.29) is 18.6 Å². The summed E-state index contributed by atoms with van der Waals surface area (Å²) in [6, 6.07) is 8.20. The fourth-order valence-electron chi connectivity index (χ4n) is 3.67. The third-order valence-corrected chi connectivity index (χ3v) is 5.34. The summed E-state index contributed by atoms with van der Waals surface area (Å²) in [5.74, 6) is 0.489. The molecule has 0 saturated carbocycles. The van der Waals surface area contributed by atoms with Gasteiger partial charge < -0.3 is 10.2 Å². The quantitative estimate of drug-likeness (QED) is 0.261. The molecule has 2 heterocycles. The van der Waals surface area contributed by atoms with Crippen molar-refractivity contribution in [2.24, 2.45) is 4.99 Å². The lowest BCUT2D eigenvalue weighted by molar-refractivity contribution is -0.130. The Kier molecular flexibility index (Phi) is 6.36. The Morgan fingerprint density at radius 2 is 2.07 bits per heavy atom. The van der Waals surface area contributed by atoms with Crippen LogP contribution in [0.5, 0.6) is 0 Å². The monoisotopic (exact) mass is 393 g/mol. The van der Waals surface area contributed by atoms with Crippen molar-refractivity contribution in [3.05, 3.63) is 46.8 Å². The maximum atomic E-state index is 12.5. The fourth-order valence-corrected chi connectivity index (χ4v) is 3.67. The molecule has 2 N–H and O–H groups in total. The number of carbonyl (C=O) groups is 1. The number of aliphatic imine (C=N–C) groups is 1. The first-order valence-electron chi connectivity index (χ1n) is 9.86. The molecule has 152 valence electrons. The van der Waals surface area contributed by atoms with Crippen LogP contribution in [0.25, 0.3) is 4.85 Å². The van der Waals surface area contributed by atoms with Gasteiger partial charge in [-0.25, -0.2) is 6.57 Å². The standard InChI is InChI=1S/C21H27N7O/c1-21(2,26-11-19(29)28-10-6-9-18(28)23-3)14-24-20(25-15-22)27-12-16-7-4-5-8-17(16)13-27/h4-5,7-8,18,26H,6,9-14H2,1-2H3,(H,24,25)/t18-/m0/s1. The van der Waals surface area contributed by atoms with Crippen LogP contribution in [-0.2, 0) is 17.9 Å². The molecule has 1 amide bonds. The molecule has 3 rings (SSSR count). The fraction of sp³-hybridized carbons (Fsp3) is 0.524. The summed E-state index contributed by atoms with van der Waals surface area (Å²) in [6.45, 7) is 13.8. The van der Waals surface area contributed by atoms with Crippen LogP contribution in [0.1, 0.15) is 37.8 Å². The predicted octanol–water partition coefficient (Wildman–Crippen LogP) is 1.66. The van der Waals surface area contributed by atoms with Gasteiger partial charge in [0, 0.05) is 31.6 Å². The summed E-state index contributed by atoms with van der Waals surface area (Å²) < 4.78 is 0. The van der Waals surface area contributed by atoms with Crippen LogP contribution < -0.4 is 10.6 Å². The molecule has 29 heavy (non-hydrogen) atoms. The molecule has 0 spiro atoms. The average molecular weight is 393 g/mol. The van der Waals surface area contributed by atoms with Crippen molar-refractivity contribution in [1.29, 1.82) is 5.26 Å². The number of nitriles is 1. The molecule has 0 bridgehead atoms. The van der Waals surface area contributed by atoms with E-state index in [1.54, 1.807) is 4.90 Å². The van der Waals surface area contributed by atoms with Crippen molar-refractivity contribution in [3.63, 3.8) is 0 Å². The van der Waals surface area contributed by atoms with Gasteiger partial charge in [0.25, 0.3) is 0 Å². The Morgan fingerprint density at radius 1 is 1.38 bits per heavy atom. The van der Waals surface area contributed by atoms with E-state index >= 15 is 0 Å². The number of benzene rings is 1. The van der Waals surface area contributed by atoms with Crippen molar-refractivity contribution in [2.75, 3.05) is 19.6 Å². The minimum Gasteiger partial charge on any atom is -0.333 e. The summed E-state index contributed by atoms with van der Waals surface area (Å²) in [6.07, 6.45) is 3.29. The topological polar surface area (TPSA) is 88.1 Å². The van der Waals surface area contributed by atoms with Crippen molar-refractivity contribution in [2.45, 2.75) is 51.5 Å². The zero-order valence-electron chi connectivity index (χ0n) is 17.0. The van der Waals surface area contributed by atoms with Gasteiger partial charge in [-0.2, -0.15) is 5.26 Å². The Morgan fingerprint density at radius 3 is 2.69 bits per heavy atom. The first-order valence-corrected chi connectivity index (χ1v) is 9.86. The first kappa shape index (κ1) is 20.6. The molecule has 8 nitrogen and oxygen atoms in total. The second kappa shape index (κ2) is 8.93. The lowest BCUT2D eigenvalue weighted by Crippen LogP contribution is -2.49. The van der Waals surface area contributed by atoms with Gasteiger partial charge in [-0.15, -0.1) is 0 Å². The number of likely N-dealkylation sites (tertiary alicyclic amines) is 1. The van der Waals surface area contributed by atoms with E-state index in [1.807, 2.05) is 37.1 Å². The molecule has 0 aliphatic carbocycles. The molecule has 2 aliphatic heterocycles. The molecular weight excluding hydrogens is 366 g/mol. The van der Waals surface area contributed by atoms with Crippen LogP contribution in [-0.4, -0.2) is 53.0 Å². The molecule has 1 fully saturated rings. The second-order valence-electron chi connectivity index (χ2n) is 8.08. The number of rotatable bonds is 5. The number of hydrogen-bond acceptors (Lipinski definition) is 4. The Balaban J connectivity index is 1.58. The first-order chi connectivity index (χ1) is 13.9. The minimum atomic E-state index is -0.433. The molecular formula is C21H27N7O. The van der Waals surface area contributed by atoms with E-state index in [2.05, 4.69) is 32.6 Å². The van der Waals surface area contributed by atoms with Crippen LogP contribution in [0.4, 0.5) is 0 Å². The average Bonchev–Trinajstić information content (AvgIpc) is 3.35. The van der Waals surface area contributed by atoms with E-state index in [0.717, 1.165) is 12.8 Å². The van der Waals surface area contributed by atoms with E-state index in [4.69, 9.17) is 11.8 Å². The van der Waals surface area contributed by atoms with Gasteiger partial charge in [0.15, 0.2) is 6.19 Å². The summed E-state index contributed by atoms with van der Waals surface area (Å²) in [4.78, 5) is 24.3. The van der Waals surface area contributed by atoms with E-state index in [1.165, 1.54) is 11.1 Å². The number of fused-ring (bicyclic) bond motifs is 1. The maximum Gasteiger partial charge on any atom is 0.300 e. The Hall–Kier alpha value is -3.10. The highest BCUT2D eigenvalue weighted by atomic mass is 16.2. The largest absolute Gasteiger partial charge is 0.333 e. The molecule has 1 atom stereocenters. The van der Waals surface area contributed by atoms with E-state index < -0.39 is 5.54 Å². The molecule has 0 radical (unpaired) electrons. The normalized spacial score (nSPS) is 18.9. The minimum absolute atomic E-state index is 0.0501. The van der Waals surface area contributed by atoms with Gasteiger partial charge in [-0.05, 0) is 31.4 Å². The number of amides is 1. The van der Waals surface area contributed by atoms with Gasteiger partial charge in [0.05, 0.1) is 13.1 Å². The highest BCUT2D eigenvalue weighted by Gasteiger charge is 2.33. The van der Waals surface area contributed by atoms with Gasteiger partial charge >= 0.3 is 6.17 Å². The third kappa shape index (κ3) is 5.04. The zero-order chi connectivity index (χ0) is 20.9. The molecule has 0 aromatic heterocycles. The molecule has 1 aromatic rings. The Labute approximate surface area is 172 Å². The summed E-state index contributed by atoms with van der Waals surface area (Å²) in [5.41, 5.74) is 2.04. The van der Waals surface area contributed by atoms with Crippen molar-refractivity contribution >= 4 is 11.9 Å². The van der Waals surface area contributed by atoms with Crippen molar-refractivity contribution in [3.8, 4) is 6.19 Å². The summed E-state index contributed by atoms with van der Waals surface area (Å²) >= 11 is 0. The number of guanidine groups is 1. The SMILES string of the molecule is [C-]#[N+][C@@H]1CCCN1C(=O)CNC(C)(C)CN=C(NC#N)N1Cc2ccccc2C1. The van der Waals surface area contributed by atoms with Gasteiger partial charge in [0.2, 0.25) is 11.9 Å². The molecule has 1 saturated heterocycles. The molecule has 8 heteroatoms. The van der Waals surface area contributed by atoms with Gasteiger partial charge in [0.1, 0.15) is 0 Å². The van der Waals surface area contributed by atoms with E-state index in [0.29, 0.717) is 32.1 Å². The van der Waals surface area contributed by atoms with Crippen LogP contribution in [0, 0.1) is 18.0 Å². The highest BCUT2D eigenvalue weighted by molar-refractivity contribution is 5.82. The van der Waals surface area contributed by atoms with Crippen molar-refractivity contribution in [1.82, 2.24) is 20.4 Å². The van der Waals surface area contributed by atoms with Crippen LogP contribution >= 0.6 is 0 Å². The third-order valence-electron chi connectivity index (χ3n) is 5.34. The lowest BCUT2D eigenvalue weighted by atomic mass is 10.1.